The highest BCUT2D eigenvalue weighted by molar-refractivity contribution is 6.11. The third-order valence-electron chi connectivity index (χ3n) is 6.54. The molecule has 0 unspecified atom stereocenters. The molecule has 17 heteroatoms. The van der Waals surface area contributed by atoms with Crippen LogP contribution in [0.15, 0.2) is 12.3 Å². The summed E-state index contributed by atoms with van der Waals surface area (Å²) in [5.74, 6) is -40.6. The van der Waals surface area contributed by atoms with Gasteiger partial charge in [-0.3, -0.25) is 0 Å². The Hall–Kier alpha value is -4.83. The second-order valence-electron chi connectivity index (χ2n) is 8.79. The number of H-pyrrole nitrogens is 1. The number of halogens is 15. The minimum absolute atomic E-state index is 0.400. The Balaban J connectivity index is 2.10. The molecule has 1 aromatic heterocycles. The van der Waals surface area contributed by atoms with E-state index in [1.165, 1.54) is 0 Å². The fraction of sp³-hybridized carbons (Fsp3) is 0.0370. The Morgan fingerprint density at radius 1 is 0.409 bits per heavy atom. The Kier molecular flexibility index (Phi) is 7.25. The zero-order valence-electron chi connectivity index (χ0n) is 20.7. The topological polar surface area (TPSA) is 25.0 Å². The monoisotopic (exact) mass is 645 g/mol. The van der Waals surface area contributed by atoms with E-state index in [9.17, 15) is 57.1 Å². The minimum Gasteiger partial charge on any atom is -0.495 e. The molecule has 4 aromatic carbocycles. The summed E-state index contributed by atoms with van der Waals surface area (Å²) in [6.45, 7) is 0. The highest BCUT2D eigenvalue weighted by Crippen LogP contribution is 2.51. The molecule has 0 radical (unpaired) electrons. The third-order valence-corrected chi connectivity index (χ3v) is 6.54. The average molecular weight is 645 g/mol. The van der Waals surface area contributed by atoms with Crippen molar-refractivity contribution in [1.82, 2.24) is 4.98 Å². The van der Waals surface area contributed by atoms with E-state index >= 15 is 8.78 Å². The summed E-state index contributed by atoms with van der Waals surface area (Å²) in [5.41, 5.74) is -10.7. The minimum atomic E-state index is -2.73. The maximum atomic E-state index is 15.2. The summed E-state index contributed by atoms with van der Waals surface area (Å²) in [6, 6.07) is 0.400. The highest BCUT2D eigenvalue weighted by atomic mass is 19.2. The smallest absolute Gasteiger partial charge is 0.200 e. The first-order chi connectivity index (χ1) is 20.6. The zero-order chi connectivity index (χ0) is 32.7. The van der Waals surface area contributed by atoms with Gasteiger partial charge in [-0.05, 0) is 6.07 Å². The van der Waals surface area contributed by atoms with Crippen molar-refractivity contribution in [2.24, 2.45) is 0 Å². The van der Waals surface area contributed by atoms with Gasteiger partial charge in [0, 0.05) is 33.8 Å². The van der Waals surface area contributed by atoms with Crippen LogP contribution in [0, 0.1) is 87.3 Å². The first-order valence-corrected chi connectivity index (χ1v) is 11.4. The lowest BCUT2D eigenvalue weighted by Crippen LogP contribution is -2.08. The van der Waals surface area contributed by atoms with Crippen molar-refractivity contribution in [2.75, 3.05) is 7.11 Å². The van der Waals surface area contributed by atoms with Gasteiger partial charge in [0.25, 0.3) is 0 Å². The summed E-state index contributed by atoms with van der Waals surface area (Å²) in [6.07, 6.45) is 0.403. The Morgan fingerprint density at radius 2 is 0.727 bits per heavy atom. The number of rotatable bonds is 4. The zero-order valence-corrected chi connectivity index (χ0v) is 20.7. The van der Waals surface area contributed by atoms with Crippen LogP contribution in [0.4, 0.5) is 65.9 Å². The van der Waals surface area contributed by atoms with Crippen LogP contribution in [0.5, 0.6) is 5.75 Å². The van der Waals surface area contributed by atoms with Gasteiger partial charge in [-0.25, -0.2) is 65.9 Å². The van der Waals surface area contributed by atoms with Gasteiger partial charge in [0.05, 0.1) is 23.8 Å². The molecule has 5 rings (SSSR count). The highest BCUT2D eigenvalue weighted by Gasteiger charge is 2.36. The molecule has 44 heavy (non-hydrogen) atoms. The van der Waals surface area contributed by atoms with E-state index in [0.29, 0.717) is 19.4 Å². The molecule has 5 aromatic rings. The van der Waals surface area contributed by atoms with Gasteiger partial charge in [-0.2, -0.15) is 0 Å². The van der Waals surface area contributed by atoms with Crippen LogP contribution >= 0.6 is 0 Å². The third kappa shape index (κ3) is 4.01. The lowest BCUT2D eigenvalue weighted by Gasteiger charge is -2.19. The molecule has 0 spiro atoms. The van der Waals surface area contributed by atoms with Crippen LogP contribution < -0.4 is 4.74 Å². The number of nitrogens with one attached hydrogen (secondary N) is 1. The molecule has 0 saturated heterocycles. The van der Waals surface area contributed by atoms with Crippen molar-refractivity contribution in [1.29, 1.82) is 0 Å². The van der Waals surface area contributed by atoms with E-state index in [2.05, 4.69) is 4.98 Å². The number of methoxy groups -OCH3 is 1. The van der Waals surface area contributed by atoms with Crippen LogP contribution in [0.2, 0.25) is 0 Å². The quantitative estimate of drug-likeness (QED) is 0.118. The molecular formula is C27H6F15NO. The summed E-state index contributed by atoms with van der Waals surface area (Å²) in [4.78, 5) is 2.08. The number of benzene rings is 4. The van der Waals surface area contributed by atoms with Crippen molar-refractivity contribution in [3.63, 3.8) is 0 Å². The fourth-order valence-corrected chi connectivity index (χ4v) is 4.62. The summed E-state index contributed by atoms with van der Waals surface area (Å²) in [5, 5.41) is -1.14. The van der Waals surface area contributed by atoms with Gasteiger partial charge in [-0.1, -0.05) is 0 Å². The van der Waals surface area contributed by atoms with Gasteiger partial charge in [-0.15, -0.1) is 0 Å². The second-order valence-corrected chi connectivity index (χ2v) is 8.79. The number of fused-ring (bicyclic) bond motifs is 1. The Labute approximate surface area is 232 Å². The van der Waals surface area contributed by atoms with E-state index < -0.39 is 137 Å². The first kappa shape index (κ1) is 30.6. The summed E-state index contributed by atoms with van der Waals surface area (Å²) >= 11 is 0. The molecule has 0 fully saturated rings. The number of ether oxygens (including phenoxy) is 1. The van der Waals surface area contributed by atoms with E-state index in [4.69, 9.17) is 4.74 Å². The molecule has 0 saturated carbocycles. The van der Waals surface area contributed by atoms with Crippen LogP contribution in [0.3, 0.4) is 0 Å². The van der Waals surface area contributed by atoms with E-state index in [1.807, 2.05) is 0 Å². The Morgan fingerprint density at radius 3 is 1.09 bits per heavy atom. The number of aromatic nitrogens is 1. The maximum Gasteiger partial charge on any atom is 0.200 e. The largest absolute Gasteiger partial charge is 0.495 e. The second kappa shape index (κ2) is 10.4. The maximum absolute atomic E-state index is 15.2. The standard InChI is InChI=1S/C27H6F15NO/c1-44-27-4(8-12(28)18(34)24(40)19(35)13(8)29)2-6-7(10(27)11-16(32)22(38)26(42)23(39)17(11)33)5(3-43-6)9-14(30)20(36)25(41)21(37)15(9)31/h2-3,43H,1H3. The molecule has 0 aliphatic carbocycles. The van der Waals surface area contributed by atoms with Crippen LogP contribution in [-0.4, -0.2) is 12.1 Å². The lowest BCUT2D eigenvalue weighted by molar-refractivity contribution is 0.378. The van der Waals surface area contributed by atoms with Crippen LogP contribution in [0.25, 0.3) is 44.3 Å². The lowest BCUT2D eigenvalue weighted by atomic mass is 9.89. The SMILES string of the molecule is COc1c(-c2c(F)c(F)c(F)c(F)c2F)cc2[nH]cc(-c3c(F)c(F)c(F)c(F)c3F)c2c1-c1c(F)c(F)c(F)c(F)c1F. The molecule has 2 nitrogen and oxygen atoms in total. The van der Waals surface area contributed by atoms with E-state index in [-0.39, 0.29) is 0 Å². The number of aromatic amines is 1. The summed E-state index contributed by atoms with van der Waals surface area (Å²) in [7, 11) is 0.525. The molecule has 0 aliphatic rings. The molecule has 0 aliphatic heterocycles. The number of hydrogen-bond acceptors (Lipinski definition) is 1. The van der Waals surface area contributed by atoms with Crippen molar-refractivity contribution in [3.8, 4) is 39.1 Å². The van der Waals surface area contributed by atoms with Crippen molar-refractivity contribution in [2.45, 2.75) is 0 Å². The van der Waals surface area contributed by atoms with Crippen LogP contribution in [0.1, 0.15) is 0 Å². The molecule has 0 atom stereocenters. The van der Waals surface area contributed by atoms with E-state index in [1.54, 1.807) is 0 Å². The summed E-state index contributed by atoms with van der Waals surface area (Å²) < 4.78 is 221. The predicted octanol–water partition coefficient (Wildman–Crippen LogP) is 9.26. The molecular weight excluding hydrogens is 639 g/mol. The molecule has 1 N–H and O–H groups in total. The van der Waals surface area contributed by atoms with Gasteiger partial charge < -0.3 is 9.72 Å². The predicted molar refractivity (Wildman–Crippen MR) is 121 cm³/mol. The molecule has 230 valence electrons. The fourth-order valence-electron chi connectivity index (χ4n) is 4.62. The molecule has 0 amide bonds. The van der Waals surface area contributed by atoms with Crippen molar-refractivity contribution < 1.29 is 70.6 Å². The van der Waals surface area contributed by atoms with Crippen LogP contribution in [-0.2, 0) is 0 Å². The first-order valence-electron chi connectivity index (χ1n) is 11.4. The van der Waals surface area contributed by atoms with Gasteiger partial charge in [0.15, 0.2) is 69.8 Å². The van der Waals surface area contributed by atoms with Crippen molar-refractivity contribution >= 4 is 10.9 Å². The molecule has 1 heterocycles. The molecule has 0 bridgehead atoms. The van der Waals surface area contributed by atoms with Crippen molar-refractivity contribution in [3.05, 3.63) is 99.5 Å². The average Bonchev–Trinajstić information content (AvgIpc) is 3.42. The number of hydrogen-bond donors (Lipinski definition) is 1. The van der Waals surface area contributed by atoms with E-state index in [0.717, 1.165) is 0 Å². The normalized spacial score (nSPS) is 11.6. The van der Waals surface area contributed by atoms with Gasteiger partial charge in [0.1, 0.15) is 5.75 Å². The van der Waals surface area contributed by atoms with Gasteiger partial charge in [0.2, 0.25) is 17.5 Å². The Bertz CT molecular complexity index is 1980. The van der Waals surface area contributed by atoms with Gasteiger partial charge >= 0.3 is 0 Å².